The van der Waals surface area contributed by atoms with Crippen LogP contribution in [0, 0.1) is 0 Å². The molecular formula is C21H18N4O3. The Morgan fingerprint density at radius 3 is 2.61 bits per heavy atom. The van der Waals surface area contributed by atoms with Gasteiger partial charge in [-0.2, -0.15) is 0 Å². The van der Waals surface area contributed by atoms with Crippen LogP contribution in [0.15, 0.2) is 70.4 Å². The zero-order valence-electron chi connectivity index (χ0n) is 15.3. The third-order valence-electron chi connectivity index (χ3n) is 4.62. The number of amides is 1. The first-order valence-electron chi connectivity index (χ1n) is 8.95. The predicted octanol–water partition coefficient (Wildman–Crippen LogP) is 2.37. The molecule has 0 spiro atoms. The Hall–Kier alpha value is -3.74. The molecule has 0 radical (unpaired) electrons. The van der Waals surface area contributed by atoms with Gasteiger partial charge in [-0.1, -0.05) is 30.3 Å². The van der Waals surface area contributed by atoms with E-state index in [9.17, 15) is 14.4 Å². The number of carbonyl (C=O) groups is 1. The zero-order valence-corrected chi connectivity index (χ0v) is 15.3. The fourth-order valence-electron chi connectivity index (χ4n) is 3.29. The molecule has 0 aliphatic heterocycles. The number of aromatic nitrogens is 3. The molecule has 2 aromatic carbocycles. The number of nitrogens with one attached hydrogen (secondary N) is 1. The van der Waals surface area contributed by atoms with Crippen molar-refractivity contribution in [2.45, 2.75) is 20.0 Å². The Balaban J connectivity index is 1.70. The van der Waals surface area contributed by atoms with E-state index < -0.39 is 5.69 Å². The molecule has 2 heterocycles. The van der Waals surface area contributed by atoms with Crippen molar-refractivity contribution < 1.29 is 4.79 Å². The van der Waals surface area contributed by atoms with Crippen molar-refractivity contribution in [1.82, 2.24) is 14.1 Å². The van der Waals surface area contributed by atoms with E-state index in [0.717, 1.165) is 15.5 Å². The van der Waals surface area contributed by atoms with Gasteiger partial charge in [0.2, 0.25) is 5.91 Å². The summed E-state index contributed by atoms with van der Waals surface area (Å²) in [6.45, 7) is 1.76. The third-order valence-corrected chi connectivity index (χ3v) is 4.62. The van der Waals surface area contributed by atoms with Crippen molar-refractivity contribution in [1.29, 1.82) is 0 Å². The number of pyridine rings is 1. The highest BCUT2D eigenvalue weighted by molar-refractivity contribution is 5.93. The number of hydrogen-bond acceptors (Lipinski definition) is 4. The van der Waals surface area contributed by atoms with Crippen LogP contribution in [0.5, 0.6) is 0 Å². The average molecular weight is 374 g/mol. The van der Waals surface area contributed by atoms with Gasteiger partial charge >= 0.3 is 5.69 Å². The third kappa shape index (κ3) is 3.07. The van der Waals surface area contributed by atoms with Crippen LogP contribution < -0.4 is 16.6 Å². The number of para-hydroxylation sites is 2. The number of carbonyl (C=O) groups excluding carboxylic acids is 1. The summed E-state index contributed by atoms with van der Waals surface area (Å²) < 4.78 is 2.46. The summed E-state index contributed by atoms with van der Waals surface area (Å²) in [6.07, 6.45) is 1.58. The minimum atomic E-state index is -0.502. The maximum absolute atomic E-state index is 12.7. The van der Waals surface area contributed by atoms with Gasteiger partial charge in [-0.25, -0.2) is 4.79 Å². The molecule has 28 heavy (non-hydrogen) atoms. The largest absolute Gasteiger partial charge is 0.331 e. The number of rotatable bonds is 4. The molecule has 140 valence electrons. The van der Waals surface area contributed by atoms with Crippen LogP contribution in [-0.4, -0.2) is 20.0 Å². The summed E-state index contributed by atoms with van der Waals surface area (Å²) in [5.74, 6) is -0.370. The van der Waals surface area contributed by atoms with E-state index in [4.69, 9.17) is 0 Å². The van der Waals surface area contributed by atoms with Crippen molar-refractivity contribution in [3.8, 4) is 0 Å². The normalized spacial score (nSPS) is 11.0. The molecular weight excluding hydrogens is 356 g/mol. The standard InChI is InChI=1S/C21H18N4O3/c1-2-24-20(27)16-8-4-6-10-18(16)25(21(24)28)13-19(26)23-15-11-14-7-3-5-9-17(14)22-12-15/h3-12H,2,13H2,1H3,(H,23,26). The van der Waals surface area contributed by atoms with Gasteiger partial charge < -0.3 is 5.32 Å². The van der Waals surface area contributed by atoms with E-state index in [-0.39, 0.29) is 24.6 Å². The van der Waals surface area contributed by atoms with Gasteiger partial charge in [0.15, 0.2) is 0 Å². The second-order valence-electron chi connectivity index (χ2n) is 6.40. The highest BCUT2D eigenvalue weighted by Gasteiger charge is 2.14. The van der Waals surface area contributed by atoms with E-state index in [2.05, 4.69) is 10.3 Å². The number of anilines is 1. The van der Waals surface area contributed by atoms with Gasteiger partial charge in [-0.3, -0.25) is 23.7 Å². The van der Waals surface area contributed by atoms with E-state index in [1.54, 1.807) is 37.4 Å². The SMILES string of the molecule is CCn1c(=O)c2ccccc2n(CC(=O)Nc2cnc3ccccc3c2)c1=O. The van der Waals surface area contributed by atoms with Gasteiger partial charge in [0, 0.05) is 11.9 Å². The van der Waals surface area contributed by atoms with Gasteiger partial charge in [-0.05, 0) is 31.2 Å². The molecule has 0 aliphatic carbocycles. The first-order valence-corrected chi connectivity index (χ1v) is 8.95. The summed E-state index contributed by atoms with van der Waals surface area (Å²) in [6, 6.07) is 16.2. The molecule has 0 unspecified atom stereocenters. The Morgan fingerprint density at radius 1 is 1.04 bits per heavy atom. The summed E-state index contributed by atoms with van der Waals surface area (Å²) in [5, 5.41) is 4.09. The monoisotopic (exact) mass is 374 g/mol. The maximum Gasteiger partial charge on any atom is 0.331 e. The molecule has 0 bridgehead atoms. The summed E-state index contributed by atoms with van der Waals surface area (Å²) >= 11 is 0. The molecule has 7 heteroatoms. The molecule has 4 rings (SSSR count). The summed E-state index contributed by atoms with van der Waals surface area (Å²) in [5.41, 5.74) is 0.966. The van der Waals surface area contributed by atoms with E-state index >= 15 is 0 Å². The summed E-state index contributed by atoms with van der Waals surface area (Å²) in [4.78, 5) is 42.1. The lowest BCUT2D eigenvalue weighted by Gasteiger charge is -2.13. The van der Waals surface area contributed by atoms with Crippen LogP contribution >= 0.6 is 0 Å². The second kappa shape index (κ2) is 7.11. The fraction of sp³-hybridized carbons (Fsp3) is 0.143. The van der Waals surface area contributed by atoms with Crippen molar-refractivity contribution >= 4 is 33.4 Å². The molecule has 4 aromatic rings. The van der Waals surface area contributed by atoms with Crippen LogP contribution in [0.4, 0.5) is 5.69 Å². The topological polar surface area (TPSA) is 86.0 Å². The van der Waals surface area contributed by atoms with Gasteiger partial charge in [-0.15, -0.1) is 0 Å². The summed E-state index contributed by atoms with van der Waals surface area (Å²) in [7, 11) is 0. The van der Waals surface area contributed by atoms with Crippen LogP contribution in [-0.2, 0) is 17.9 Å². The molecule has 0 saturated carbocycles. The molecule has 0 saturated heterocycles. The van der Waals surface area contributed by atoms with Crippen LogP contribution in [0.2, 0.25) is 0 Å². The van der Waals surface area contributed by atoms with E-state index in [1.807, 2.05) is 30.3 Å². The first-order chi connectivity index (χ1) is 13.6. The van der Waals surface area contributed by atoms with E-state index in [0.29, 0.717) is 16.6 Å². The number of nitrogens with zero attached hydrogens (tertiary/aromatic N) is 3. The molecule has 0 atom stereocenters. The Morgan fingerprint density at radius 2 is 1.79 bits per heavy atom. The van der Waals surface area contributed by atoms with E-state index in [1.165, 1.54) is 4.57 Å². The van der Waals surface area contributed by atoms with Crippen molar-refractivity contribution in [2.24, 2.45) is 0 Å². The van der Waals surface area contributed by atoms with Crippen molar-refractivity contribution in [3.05, 3.63) is 81.6 Å². The second-order valence-corrected chi connectivity index (χ2v) is 6.40. The first kappa shape index (κ1) is 17.7. The highest BCUT2D eigenvalue weighted by Crippen LogP contribution is 2.16. The molecule has 1 amide bonds. The lowest BCUT2D eigenvalue weighted by atomic mass is 10.2. The predicted molar refractivity (Wildman–Crippen MR) is 109 cm³/mol. The lowest BCUT2D eigenvalue weighted by molar-refractivity contribution is -0.116. The molecule has 1 N–H and O–H groups in total. The smallest absolute Gasteiger partial charge is 0.323 e. The van der Waals surface area contributed by atoms with Gasteiger partial charge in [0.05, 0.1) is 28.3 Å². The maximum atomic E-state index is 12.7. The number of hydrogen-bond donors (Lipinski definition) is 1. The van der Waals surface area contributed by atoms with Gasteiger partial charge in [0.25, 0.3) is 5.56 Å². The quantitative estimate of drug-likeness (QED) is 0.594. The molecule has 0 fully saturated rings. The van der Waals surface area contributed by atoms with Crippen LogP contribution in [0.3, 0.4) is 0 Å². The number of fused-ring (bicyclic) bond motifs is 2. The Kier molecular flexibility index (Phi) is 4.49. The van der Waals surface area contributed by atoms with Crippen molar-refractivity contribution in [3.63, 3.8) is 0 Å². The highest BCUT2D eigenvalue weighted by atomic mass is 16.2. The minimum absolute atomic E-state index is 0.202. The Labute approximate surface area is 159 Å². The minimum Gasteiger partial charge on any atom is -0.323 e. The van der Waals surface area contributed by atoms with Gasteiger partial charge in [0.1, 0.15) is 6.54 Å². The van der Waals surface area contributed by atoms with Crippen LogP contribution in [0.1, 0.15) is 6.92 Å². The van der Waals surface area contributed by atoms with Crippen molar-refractivity contribution in [2.75, 3.05) is 5.32 Å². The molecule has 0 aliphatic rings. The molecule has 7 nitrogen and oxygen atoms in total. The average Bonchev–Trinajstić information content (AvgIpc) is 2.71. The zero-order chi connectivity index (χ0) is 19.7. The number of benzene rings is 2. The fourth-order valence-corrected chi connectivity index (χ4v) is 3.29. The lowest BCUT2D eigenvalue weighted by Crippen LogP contribution is -2.41. The van der Waals surface area contributed by atoms with Crippen LogP contribution in [0.25, 0.3) is 21.8 Å². The molecule has 2 aromatic heterocycles. The Bertz CT molecular complexity index is 1320.